The van der Waals surface area contributed by atoms with E-state index in [1.165, 1.54) is 11.1 Å². The number of benzene rings is 1. The van der Waals surface area contributed by atoms with Crippen molar-refractivity contribution in [1.82, 2.24) is 10.3 Å². The Balaban J connectivity index is 1.48. The molecule has 6 heteroatoms. The summed E-state index contributed by atoms with van der Waals surface area (Å²) >= 11 is 3.43. The second kappa shape index (κ2) is 8.03. The van der Waals surface area contributed by atoms with Crippen LogP contribution in [0.25, 0.3) is 6.08 Å². The van der Waals surface area contributed by atoms with Gasteiger partial charge < -0.3 is 14.8 Å². The van der Waals surface area contributed by atoms with E-state index in [-0.39, 0.29) is 6.04 Å². The number of rotatable bonds is 7. The first-order valence-electron chi connectivity index (χ1n) is 8.46. The highest BCUT2D eigenvalue weighted by Gasteiger charge is 2.17. The van der Waals surface area contributed by atoms with Crippen LogP contribution in [0.3, 0.4) is 0 Å². The molecule has 3 aromatic rings. The van der Waals surface area contributed by atoms with Gasteiger partial charge in [0.15, 0.2) is 0 Å². The number of methoxy groups -OCH3 is 1. The van der Waals surface area contributed by atoms with Crippen LogP contribution in [0.2, 0.25) is 0 Å². The summed E-state index contributed by atoms with van der Waals surface area (Å²) in [7, 11) is 1.68. The predicted molar refractivity (Wildman–Crippen MR) is 107 cm³/mol. The summed E-state index contributed by atoms with van der Waals surface area (Å²) in [5.41, 5.74) is 3.63. The van der Waals surface area contributed by atoms with Gasteiger partial charge >= 0.3 is 0 Å². The van der Waals surface area contributed by atoms with Gasteiger partial charge in [-0.2, -0.15) is 11.3 Å². The maximum absolute atomic E-state index is 5.89. The quantitative estimate of drug-likeness (QED) is 0.648. The third kappa shape index (κ3) is 3.98. The van der Waals surface area contributed by atoms with Gasteiger partial charge in [0.25, 0.3) is 0 Å². The molecule has 0 aliphatic carbocycles. The van der Waals surface area contributed by atoms with Gasteiger partial charge in [-0.1, -0.05) is 0 Å². The zero-order valence-electron chi connectivity index (χ0n) is 14.5. The third-order valence-electron chi connectivity index (χ3n) is 4.33. The zero-order chi connectivity index (χ0) is 17.8. The van der Waals surface area contributed by atoms with Crippen molar-refractivity contribution in [2.45, 2.75) is 12.5 Å². The Morgan fingerprint density at radius 2 is 2.27 bits per heavy atom. The van der Waals surface area contributed by atoms with Crippen molar-refractivity contribution >= 4 is 28.7 Å². The van der Waals surface area contributed by atoms with Gasteiger partial charge in [0.2, 0.25) is 0 Å². The molecular formula is C20H20N2O2S2. The number of ether oxygens (including phenoxy) is 2. The number of nitrogens with zero attached hydrogens (tertiary/aromatic N) is 1. The molecule has 0 amide bonds. The minimum absolute atomic E-state index is 0.206. The first-order chi connectivity index (χ1) is 12.8. The van der Waals surface area contributed by atoms with Crippen molar-refractivity contribution in [2.24, 2.45) is 0 Å². The minimum atomic E-state index is 0.206. The molecule has 0 bridgehead atoms. The number of fused-ring (bicyclic) bond motifs is 1. The first kappa shape index (κ1) is 17.3. The van der Waals surface area contributed by atoms with Gasteiger partial charge in [-0.15, -0.1) is 11.3 Å². The molecule has 1 unspecified atom stereocenters. The summed E-state index contributed by atoms with van der Waals surface area (Å²) in [6.45, 7) is 1.38. The average Bonchev–Trinajstić information content (AvgIpc) is 3.38. The summed E-state index contributed by atoms with van der Waals surface area (Å²) in [5, 5.41) is 11.1. The molecule has 1 aliphatic heterocycles. The predicted octanol–water partition coefficient (Wildman–Crippen LogP) is 4.56. The standard InChI is InChI=1S/C20H20N2O2S2/c1-23-17-2-3-19-16(10-17)8-15(12-24-19)11-22-18(20-21-5-7-26-20)9-14-4-6-25-13-14/h2-8,10,13,18,22H,9,11-12H2,1H3. The molecule has 134 valence electrons. The summed E-state index contributed by atoms with van der Waals surface area (Å²) in [5.74, 6) is 1.75. The molecule has 0 saturated carbocycles. The van der Waals surface area contributed by atoms with Gasteiger partial charge in [-0.3, -0.25) is 0 Å². The number of nitrogens with one attached hydrogen (secondary N) is 1. The molecule has 1 aromatic carbocycles. The fourth-order valence-corrected chi connectivity index (χ4v) is 4.38. The zero-order valence-corrected chi connectivity index (χ0v) is 16.1. The molecule has 3 heterocycles. The Labute approximate surface area is 161 Å². The van der Waals surface area contributed by atoms with E-state index in [0.29, 0.717) is 6.61 Å². The van der Waals surface area contributed by atoms with E-state index < -0.39 is 0 Å². The fraction of sp³-hybridized carbons (Fsp3) is 0.250. The molecule has 2 aromatic heterocycles. The molecular weight excluding hydrogens is 364 g/mol. The van der Waals surface area contributed by atoms with E-state index in [2.05, 4.69) is 33.2 Å². The van der Waals surface area contributed by atoms with E-state index in [1.807, 2.05) is 29.8 Å². The third-order valence-corrected chi connectivity index (χ3v) is 5.96. The maximum atomic E-state index is 5.89. The lowest BCUT2D eigenvalue weighted by Crippen LogP contribution is -2.27. The van der Waals surface area contributed by atoms with E-state index in [4.69, 9.17) is 9.47 Å². The Morgan fingerprint density at radius 1 is 1.31 bits per heavy atom. The number of thiazole rings is 1. The normalized spacial score (nSPS) is 14.3. The van der Waals surface area contributed by atoms with Crippen molar-refractivity contribution < 1.29 is 9.47 Å². The van der Waals surface area contributed by atoms with E-state index >= 15 is 0 Å². The second-order valence-corrected chi connectivity index (χ2v) is 7.84. The SMILES string of the molecule is COc1ccc2c(c1)C=C(CNC(Cc1ccsc1)c1nccs1)CO2. The van der Waals surface area contributed by atoms with Crippen LogP contribution in [0.15, 0.2) is 52.2 Å². The van der Waals surface area contributed by atoms with Crippen LogP contribution >= 0.6 is 22.7 Å². The lowest BCUT2D eigenvalue weighted by atomic mass is 10.1. The lowest BCUT2D eigenvalue weighted by Gasteiger charge is -2.21. The molecule has 0 saturated heterocycles. The van der Waals surface area contributed by atoms with Gasteiger partial charge in [0.05, 0.1) is 13.2 Å². The molecule has 4 nitrogen and oxygen atoms in total. The smallest absolute Gasteiger partial charge is 0.127 e. The molecule has 26 heavy (non-hydrogen) atoms. The van der Waals surface area contributed by atoms with Gasteiger partial charge in [-0.25, -0.2) is 4.98 Å². The second-order valence-electron chi connectivity index (χ2n) is 6.13. The van der Waals surface area contributed by atoms with E-state index in [0.717, 1.165) is 35.0 Å². The summed E-state index contributed by atoms with van der Waals surface area (Å²) in [6, 6.07) is 8.28. The number of hydrogen-bond acceptors (Lipinski definition) is 6. The highest BCUT2D eigenvalue weighted by atomic mass is 32.1. The van der Waals surface area contributed by atoms with Crippen LogP contribution < -0.4 is 14.8 Å². The summed E-state index contributed by atoms with van der Waals surface area (Å²) < 4.78 is 11.2. The van der Waals surface area contributed by atoms with Crippen LogP contribution in [0.1, 0.15) is 22.2 Å². The molecule has 1 N–H and O–H groups in total. The highest BCUT2D eigenvalue weighted by molar-refractivity contribution is 7.09. The molecule has 1 atom stereocenters. The van der Waals surface area contributed by atoms with Crippen LogP contribution in [-0.2, 0) is 6.42 Å². The number of hydrogen-bond donors (Lipinski definition) is 1. The van der Waals surface area contributed by atoms with Crippen molar-refractivity contribution in [2.75, 3.05) is 20.3 Å². The van der Waals surface area contributed by atoms with Crippen molar-refractivity contribution in [3.8, 4) is 11.5 Å². The number of thiophene rings is 1. The van der Waals surface area contributed by atoms with Crippen molar-refractivity contribution in [1.29, 1.82) is 0 Å². The monoisotopic (exact) mass is 384 g/mol. The van der Waals surface area contributed by atoms with Crippen LogP contribution in [-0.4, -0.2) is 25.2 Å². The van der Waals surface area contributed by atoms with E-state index in [9.17, 15) is 0 Å². The van der Waals surface area contributed by atoms with Gasteiger partial charge in [0.1, 0.15) is 23.1 Å². The highest BCUT2D eigenvalue weighted by Crippen LogP contribution is 2.30. The van der Waals surface area contributed by atoms with Crippen LogP contribution in [0, 0.1) is 0 Å². The van der Waals surface area contributed by atoms with Crippen LogP contribution in [0.5, 0.6) is 11.5 Å². The Hall–Kier alpha value is -2.15. The molecule has 4 rings (SSSR count). The Kier molecular flexibility index (Phi) is 5.34. The molecule has 0 fully saturated rings. The summed E-state index contributed by atoms with van der Waals surface area (Å²) in [4.78, 5) is 4.51. The van der Waals surface area contributed by atoms with Gasteiger partial charge in [0, 0.05) is 23.7 Å². The molecule has 1 aliphatic rings. The molecule has 0 spiro atoms. The minimum Gasteiger partial charge on any atom is -0.497 e. The summed E-state index contributed by atoms with van der Waals surface area (Å²) in [6.07, 6.45) is 5.00. The largest absolute Gasteiger partial charge is 0.497 e. The van der Waals surface area contributed by atoms with Crippen LogP contribution in [0.4, 0.5) is 0 Å². The molecule has 0 radical (unpaired) electrons. The van der Waals surface area contributed by atoms with Crippen molar-refractivity contribution in [3.05, 3.63) is 68.3 Å². The topological polar surface area (TPSA) is 43.4 Å². The average molecular weight is 385 g/mol. The lowest BCUT2D eigenvalue weighted by molar-refractivity contribution is 0.339. The maximum Gasteiger partial charge on any atom is 0.127 e. The van der Waals surface area contributed by atoms with Crippen molar-refractivity contribution in [3.63, 3.8) is 0 Å². The van der Waals surface area contributed by atoms with E-state index in [1.54, 1.807) is 29.8 Å². The fourth-order valence-electron chi connectivity index (χ4n) is 2.98. The first-order valence-corrected chi connectivity index (χ1v) is 10.3. The van der Waals surface area contributed by atoms with Gasteiger partial charge in [-0.05, 0) is 58.7 Å². The number of aromatic nitrogens is 1. The Bertz CT molecular complexity index is 873. The Morgan fingerprint density at radius 3 is 3.04 bits per heavy atom.